The molecular formula is C38H73N5O6. The Balaban J connectivity index is 4.45. The van der Waals surface area contributed by atoms with Crippen molar-refractivity contribution >= 4 is 18.3 Å². The molecule has 0 bridgehead atoms. The number of alkyl carbamates (subject to hydrolysis) is 1. The number of hydrogen-bond donors (Lipinski definition) is 2. The first-order valence-corrected chi connectivity index (χ1v) is 18.9. The number of nitrogens with zero attached hydrogens (tertiary/aromatic N) is 3. The van der Waals surface area contributed by atoms with Crippen molar-refractivity contribution in [3.05, 3.63) is 0 Å². The monoisotopic (exact) mass is 696 g/mol. The molecule has 0 saturated carbocycles. The lowest BCUT2D eigenvalue weighted by Crippen LogP contribution is -2.38. The van der Waals surface area contributed by atoms with Crippen LogP contribution in [0.25, 0.3) is 0 Å². The number of nitrogens with one attached hydrogen (secondary N) is 2. The Morgan fingerprint density at radius 3 is 1.22 bits per heavy atom. The Morgan fingerprint density at radius 2 is 0.857 bits per heavy atom. The lowest BCUT2D eigenvalue weighted by molar-refractivity contribution is 0.0231. The predicted octanol–water partition coefficient (Wildman–Crippen LogP) is 8.95. The second kappa shape index (κ2) is 26.1. The second-order valence-corrected chi connectivity index (χ2v) is 16.0. The minimum absolute atomic E-state index is 0.231. The molecule has 0 rings (SSSR count). The van der Waals surface area contributed by atoms with E-state index in [4.69, 9.17) is 19.5 Å². The molecule has 0 aromatic carbocycles. The summed E-state index contributed by atoms with van der Waals surface area (Å²) in [6, 6.07) is 2.14. The van der Waals surface area contributed by atoms with Crippen LogP contribution in [0.15, 0.2) is 0 Å². The molecule has 3 amide bonds. The molecule has 0 aromatic heterocycles. The summed E-state index contributed by atoms with van der Waals surface area (Å²) < 4.78 is 16.6. The zero-order valence-electron chi connectivity index (χ0n) is 32.8. The van der Waals surface area contributed by atoms with Gasteiger partial charge in [0.2, 0.25) is 0 Å². The average molecular weight is 696 g/mol. The number of nitriles is 1. The molecule has 11 heteroatoms. The molecule has 0 atom stereocenters. The number of carbonyl (C=O) groups is 3. The highest BCUT2D eigenvalue weighted by molar-refractivity contribution is 5.68. The first-order chi connectivity index (χ1) is 22.9. The van der Waals surface area contributed by atoms with Crippen LogP contribution in [0.4, 0.5) is 14.4 Å². The van der Waals surface area contributed by atoms with Gasteiger partial charge >= 0.3 is 18.3 Å². The van der Waals surface area contributed by atoms with Crippen LogP contribution in [0.1, 0.15) is 159 Å². The van der Waals surface area contributed by atoms with Gasteiger partial charge in [-0.15, -0.1) is 0 Å². The van der Waals surface area contributed by atoms with E-state index in [0.717, 1.165) is 103 Å². The van der Waals surface area contributed by atoms with E-state index in [0.29, 0.717) is 39.1 Å². The normalized spacial score (nSPS) is 11.8. The summed E-state index contributed by atoms with van der Waals surface area (Å²) in [5.41, 5.74) is -1.55. The molecule has 0 aliphatic heterocycles. The van der Waals surface area contributed by atoms with E-state index in [9.17, 15) is 14.4 Å². The van der Waals surface area contributed by atoms with Crippen molar-refractivity contribution < 1.29 is 28.6 Å². The van der Waals surface area contributed by atoms with Gasteiger partial charge in [0.15, 0.2) is 0 Å². The first kappa shape index (κ1) is 46.3. The van der Waals surface area contributed by atoms with E-state index < -0.39 is 16.8 Å². The van der Waals surface area contributed by atoms with E-state index in [1.54, 1.807) is 0 Å². The maximum absolute atomic E-state index is 12.9. The highest BCUT2D eigenvalue weighted by Crippen LogP contribution is 2.15. The van der Waals surface area contributed by atoms with Crippen molar-refractivity contribution in [2.75, 3.05) is 45.8 Å². The number of amides is 3. The topological polar surface area (TPSA) is 133 Å². The molecule has 11 nitrogen and oxygen atoms in total. The van der Waals surface area contributed by atoms with Crippen LogP contribution in [0.5, 0.6) is 0 Å². The molecule has 0 radical (unpaired) electrons. The fourth-order valence-electron chi connectivity index (χ4n) is 5.02. The van der Waals surface area contributed by atoms with E-state index in [1.165, 1.54) is 0 Å². The van der Waals surface area contributed by atoms with Crippen LogP contribution in [-0.2, 0) is 14.2 Å². The summed E-state index contributed by atoms with van der Waals surface area (Å²) in [6.07, 6.45) is 13.7. The van der Waals surface area contributed by atoms with Crippen LogP contribution in [0.2, 0.25) is 0 Å². The van der Waals surface area contributed by atoms with Gasteiger partial charge in [-0.3, -0.25) is 0 Å². The highest BCUT2D eigenvalue weighted by Gasteiger charge is 2.23. The van der Waals surface area contributed by atoms with Crippen LogP contribution >= 0.6 is 0 Å². The maximum atomic E-state index is 12.9. The van der Waals surface area contributed by atoms with Crippen LogP contribution in [0, 0.1) is 11.3 Å². The van der Waals surface area contributed by atoms with E-state index in [1.807, 2.05) is 72.1 Å². The molecule has 0 aromatic rings. The number of ether oxygens (including phenoxy) is 3. The Labute approximate surface area is 299 Å². The van der Waals surface area contributed by atoms with Gasteiger partial charge in [-0.1, -0.05) is 51.4 Å². The Morgan fingerprint density at radius 1 is 0.510 bits per heavy atom. The van der Waals surface area contributed by atoms with Gasteiger partial charge in [0, 0.05) is 45.7 Å². The standard InChI is InChI=1S/C38H73N5O6/c1-36(2,3)47-33(44)41-28-19-13-17-23-32-43(35(46)49-38(7,8)9)30-21-15-11-10-14-20-29-42(34(45)48-37(4,5)6)31-22-16-12-18-26-40-27-24-25-39/h40H,10-24,26-32H2,1-9H3,(H,41,44). The molecule has 0 aliphatic carbocycles. The average Bonchev–Trinajstić information content (AvgIpc) is 2.96. The smallest absolute Gasteiger partial charge is 0.410 e. The number of unbranched alkanes of at least 4 members (excludes halogenated alkanes) is 11. The molecule has 49 heavy (non-hydrogen) atoms. The summed E-state index contributed by atoms with van der Waals surface area (Å²) >= 11 is 0. The Bertz CT molecular complexity index is 933. The van der Waals surface area contributed by atoms with Gasteiger partial charge in [0.1, 0.15) is 16.8 Å². The third-order valence-corrected chi connectivity index (χ3v) is 7.38. The molecule has 0 heterocycles. The van der Waals surface area contributed by atoms with Gasteiger partial charge in [-0.2, -0.15) is 5.26 Å². The molecule has 0 aliphatic rings. The largest absolute Gasteiger partial charge is 0.444 e. The number of hydrogen-bond acceptors (Lipinski definition) is 8. The van der Waals surface area contributed by atoms with Crippen molar-refractivity contribution in [3.8, 4) is 6.07 Å². The minimum atomic E-state index is -0.535. The van der Waals surface area contributed by atoms with Crippen molar-refractivity contribution in [2.45, 2.75) is 175 Å². The van der Waals surface area contributed by atoms with Gasteiger partial charge in [0.25, 0.3) is 0 Å². The van der Waals surface area contributed by atoms with Gasteiger partial charge in [-0.25, -0.2) is 14.4 Å². The third kappa shape index (κ3) is 31.0. The first-order valence-electron chi connectivity index (χ1n) is 18.9. The van der Waals surface area contributed by atoms with Crippen molar-refractivity contribution in [1.82, 2.24) is 20.4 Å². The summed E-state index contributed by atoms with van der Waals surface area (Å²) in [5, 5.41) is 14.7. The quantitative estimate of drug-likeness (QED) is 0.0714. The van der Waals surface area contributed by atoms with Crippen LogP contribution in [0.3, 0.4) is 0 Å². The lowest BCUT2D eigenvalue weighted by atomic mass is 10.1. The fourth-order valence-corrected chi connectivity index (χ4v) is 5.02. The molecule has 0 fully saturated rings. The van der Waals surface area contributed by atoms with Crippen molar-refractivity contribution in [2.24, 2.45) is 0 Å². The molecule has 0 unspecified atom stereocenters. The molecule has 2 N–H and O–H groups in total. The SMILES string of the molecule is CC(C)(C)OC(=O)NCCCCCCN(CCCCCCCCN(CCCCCCNCCC#N)C(=O)OC(C)(C)C)C(=O)OC(C)(C)C. The second-order valence-electron chi connectivity index (χ2n) is 16.0. The van der Waals surface area contributed by atoms with Gasteiger partial charge in [0.05, 0.1) is 6.07 Å². The summed E-state index contributed by atoms with van der Waals surface area (Å²) in [7, 11) is 0. The minimum Gasteiger partial charge on any atom is -0.444 e. The summed E-state index contributed by atoms with van der Waals surface area (Å²) in [4.78, 5) is 41.2. The van der Waals surface area contributed by atoms with Crippen LogP contribution < -0.4 is 10.6 Å². The van der Waals surface area contributed by atoms with Gasteiger partial charge in [-0.05, 0) is 107 Å². The van der Waals surface area contributed by atoms with E-state index in [2.05, 4.69) is 16.7 Å². The third-order valence-electron chi connectivity index (χ3n) is 7.38. The summed E-state index contributed by atoms with van der Waals surface area (Å²) in [6.45, 7) is 21.9. The highest BCUT2D eigenvalue weighted by atomic mass is 16.6. The maximum Gasteiger partial charge on any atom is 0.410 e. The summed E-state index contributed by atoms with van der Waals surface area (Å²) in [5.74, 6) is 0. The van der Waals surface area contributed by atoms with E-state index in [-0.39, 0.29) is 18.3 Å². The molecule has 0 saturated heterocycles. The molecular weight excluding hydrogens is 622 g/mol. The Kier molecular flexibility index (Phi) is 24.7. The fraction of sp³-hybridized carbons (Fsp3) is 0.895. The Hall–Kier alpha value is -2.74. The van der Waals surface area contributed by atoms with Crippen molar-refractivity contribution in [3.63, 3.8) is 0 Å². The van der Waals surface area contributed by atoms with Gasteiger partial charge < -0.3 is 34.6 Å². The van der Waals surface area contributed by atoms with Crippen molar-refractivity contribution in [1.29, 1.82) is 5.26 Å². The zero-order valence-corrected chi connectivity index (χ0v) is 32.8. The molecule has 286 valence electrons. The number of carbonyl (C=O) groups excluding carboxylic acids is 3. The zero-order chi connectivity index (χ0) is 37.2. The predicted molar refractivity (Wildman–Crippen MR) is 198 cm³/mol. The van der Waals surface area contributed by atoms with Crippen LogP contribution in [-0.4, -0.2) is 90.7 Å². The van der Waals surface area contributed by atoms with E-state index >= 15 is 0 Å². The lowest BCUT2D eigenvalue weighted by Gasteiger charge is -2.28. The number of rotatable bonds is 25. The molecule has 0 spiro atoms.